The summed E-state index contributed by atoms with van der Waals surface area (Å²) in [7, 11) is 4.90. The van der Waals surface area contributed by atoms with Crippen molar-refractivity contribution in [1.82, 2.24) is 35.6 Å². The Morgan fingerprint density at radius 2 is 1.62 bits per heavy atom. The second kappa shape index (κ2) is 19.4. The molecule has 0 saturated carbocycles. The molecule has 2 aliphatic heterocycles. The van der Waals surface area contributed by atoms with Crippen molar-refractivity contribution in [3.8, 4) is 22.6 Å². The van der Waals surface area contributed by atoms with Crippen LogP contribution < -0.4 is 41.2 Å². The Bertz CT molecular complexity index is 1990. The van der Waals surface area contributed by atoms with Crippen molar-refractivity contribution < 1.29 is 23.9 Å². The predicted molar refractivity (Wildman–Crippen MR) is 217 cm³/mol. The maximum Gasteiger partial charge on any atom is 0.276 e. The van der Waals surface area contributed by atoms with Gasteiger partial charge in [0.2, 0.25) is 17.7 Å². The average molecular weight is 770 g/mol. The minimum absolute atomic E-state index is 0.0500. The molecule has 2 saturated heterocycles. The maximum absolute atomic E-state index is 12.6. The number of aryl methyl sites for hydroxylation is 1. The lowest BCUT2D eigenvalue weighted by atomic mass is 10.0. The third-order valence-corrected chi connectivity index (χ3v) is 10.7. The standard InChI is InChI=1S/C41H55N9O6/c1-48-27-33(31-25-44-47-39(31)41(48)54)28-22-35(55-2)32(36(23-28)56-3)24-42-26-38(52)43-16-8-6-4-5-7-9-17-49-18-20-50(21-19-49)30-12-10-29(11-13-30)45-34-14-15-37(51)46-40(34)53/h10-13,22-23,25,27,34,42,45H,4-9,14-21,24,26H2,1-3H3,(H,43,52)(H,44,47)(H,46,51,53). The van der Waals surface area contributed by atoms with Crippen molar-refractivity contribution >= 4 is 40.0 Å². The van der Waals surface area contributed by atoms with Gasteiger partial charge in [0.05, 0.1) is 27.0 Å². The molecule has 4 heterocycles. The molecule has 4 aromatic rings. The molecule has 15 nitrogen and oxygen atoms in total. The van der Waals surface area contributed by atoms with Crippen LogP contribution in [0.5, 0.6) is 11.5 Å². The number of nitrogens with one attached hydrogen (secondary N) is 5. The number of pyridine rings is 1. The molecule has 6 rings (SSSR count). The molecule has 56 heavy (non-hydrogen) atoms. The molecule has 15 heteroatoms. The van der Waals surface area contributed by atoms with Crippen LogP contribution in [0.1, 0.15) is 56.9 Å². The molecule has 1 unspecified atom stereocenters. The van der Waals surface area contributed by atoms with Crippen LogP contribution in [-0.4, -0.2) is 103 Å². The molecular weight excluding hydrogens is 715 g/mol. The van der Waals surface area contributed by atoms with E-state index in [1.807, 2.05) is 24.3 Å². The van der Waals surface area contributed by atoms with Crippen molar-refractivity contribution in [3.63, 3.8) is 0 Å². The van der Waals surface area contributed by atoms with Gasteiger partial charge in [0.1, 0.15) is 23.1 Å². The first-order valence-electron chi connectivity index (χ1n) is 19.7. The highest BCUT2D eigenvalue weighted by atomic mass is 16.5. The molecule has 2 aromatic heterocycles. The van der Waals surface area contributed by atoms with Crippen LogP contribution in [0.2, 0.25) is 0 Å². The number of anilines is 2. The van der Waals surface area contributed by atoms with Gasteiger partial charge in [-0.05, 0) is 67.8 Å². The van der Waals surface area contributed by atoms with Gasteiger partial charge >= 0.3 is 0 Å². The Balaban J connectivity index is 0.813. The summed E-state index contributed by atoms with van der Waals surface area (Å²) < 4.78 is 13.0. The number of amides is 3. The van der Waals surface area contributed by atoms with Gasteiger partial charge in [-0.1, -0.05) is 25.7 Å². The van der Waals surface area contributed by atoms with Gasteiger partial charge in [0.25, 0.3) is 5.56 Å². The Morgan fingerprint density at radius 3 is 2.32 bits per heavy atom. The fraction of sp³-hybridized carbons (Fsp3) is 0.488. The van der Waals surface area contributed by atoms with Crippen LogP contribution in [0.3, 0.4) is 0 Å². The molecule has 0 aliphatic carbocycles. The number of unbranched alkanes of at least 4 members (excludes halogenated alkanes) is 5. The van der Waals surface area contributed by atoms with Crippen molar-refractivity contribution in [3.05, 3.63) is 64.7 Å². The first-order chi connectivity index (χ1) is 27.2. The predicted octanol–water partition coefficient (Wildman–Crippen LogP) is 3.53. The van der Waals surface area contributed by atoms with Gasteiger partial charge in [-0.3, -0.25) is 34.5 Å². The lowest BCUT2D eigenvalue weighted by molar-refractivity contribution is -0.133. The number of methoxy groups -OCH3 is 2. The minimum atomic E-state index is -0.373. The van der Waals surface area contributed by atoms with Crippen LogP contribution in [0.15, 0.2) is 53.6 Å². The van der Waals surface area contributed by atoms with Crippen LogP contribution in [0.4, 0.5) is 11.4 Å². The number of hydrogen-bond acceptors (Lipinski definition) is 11. The highest BCUT2D eigenvalue weighted by Crippen LogP contribution is 2.37. The molecular formula is C41H55N9O6. The number of benzene rings is 2. The topological polar surface area (TPSA) is 175 Å². The van der Waals surface area contributed by atoms with Gasteiger partial charge in [0.15, 0.2) is 0 Å². The molecule has 0 radical (unpaired) electrons. The SMILES string of the molecule is COc1cc(-c2cn(C)c(=O)c3[nH]ncc23)cc(OC)c1CNCC(=O)NCCCCCCCCN1CCN(c2ccc(NC3CCC(=O)NC3=O)cc2)CC1. The molecule has 0 bridgehead atoms. The van der Waals surface area contributed by atoms with E-state index >= 15 is 0 Å². The Hall–Kier alpha value is -5.41. The van der Waals surface area contributed by atoms with Crippen LogP contribution in [0, 0.1) is 0 Å². The molecule has 2 aromatic carbocycles. The quantitative estimate of drug-likeness (QED) is 0.0698. The van der Waals surface area contributed by atoms with Crippen molar-refractivity contribution in [2.45, 2.75) is 64.0 Å². The first-order valence-corrected chi connectivity index (χ1v) is 19.7. The zero-order valence-electron chi connectivity index (χ0n) is 32.7. The molecule has 2 aliphatic rings. The third-order valence-electron chi connectivity index (χ3n) is 10.7. The van der Waals surface area contributed by atoms with E-state index in [0.29, 0.717) is 48.3 Å². The summed E-state index contributed by atoms with van der Waals surface area (Å²) in [4.78, 5) is 53.5. The number of nitrogens with zero attached hydrogens (tertiary/aromatic N) is 4. The number of rotatable bonds is 19. The Kier molecular flexibility index (Phi) is 14.0. The largest absolute Gasteiger partial charge is 0.496 e. The summed E-state index contributed by atoms with van der Waals surface area (Å²) in [6, 6.07) is 11.7. The van der Waals surface area contributed by atoms with Gasteiger partial charge in [0, 0.05) is 86.8 Å². The van der Waals surface area contributed by atoms with E-state index in [2.05, 4.69) is 53.4 Å². The summed E-state index contributed by atoms with van der Waals surface area (Å²) >= 11 is 0. The summed E-state index contributed by atoms with van der Waals surface area (Å²) in [5, 5.41) is 19.5. The molecule has 3 amide bonds. The Morgan fingerprint density at radius 1 is 0.929 bits per heavy atom. The lowest BCUT2D eigenvalue weighted by Gasteiger charge is -2.36. The fourth-order valence-corrected chi connectivity index (χ4v) is 7.48. The third kappa shape index (κ3) is 10.3. The van der Waals surface area contributed by atoms with Gasteiger partial charge in [-0.2, -0.15) is 5.10 Å². The monoisotopic (exact) mass is 769 g/mol. The molecule has 5 N–H and O–H groups in total. The minimum Gasteiger partial charge on any atom is -0.496 e. The number of carbonyl (C=O) groups excluding carboxylic acids is 3. The van der Waals surface area contributed by atoms with E-state index in [0.717, 1.165) is 74.4 Å². The van der Waals surface area contributed by atoms with Crippen LogP contribution >= 0.6 is 0 Å². The number of carbonyl (C=O) groups is 3. The summed E-state index contributed by atoms with van der Waals surface area (Å²) in [6.07, 6.45) is 11.1. The maximum atomic E-state index is 12.6. The van der Waals surface area contributed by atoms with Crippen molar-refractivity contribution in [1.29, 1.82) is 0 Å². The van der Waals surface area contributed by atoms with Crippen LogP contribution in [0.25, 0.3) is 22.0 Å². The van der Waals surface area contributed by atoms with E-state index < -0.39 is 0 Å². The highest BCUT2D eigenvalue weighted by Gasteiger charge is 2.26. The smallest absolute Gasteiger partial charge is 0.276 e. The Labute approximate surface area is 327 Å². The second-order valence-electron chi connectivity index (χ2n) is 14.6. The highest BCUT2D eigenvalue weighted by molar-refractivity contribution is 6.01. The molecule has 1 atom stereocenters. The number of aromatic nitrogens is 3. The van der Waals surface area contributed by atoms with Crippen molar-refractivity contribution in [2.75, 3.05) is 70.2 Å². The second-order valence-corrected chi connectivity index (χ2v) is 14.6. The normalized spacial score (nSPS) is 16.2. The molecule has 2 fully saturated rings. The molecule has 300 valence electrons. The molecule has 0 spiro atoms. The summed E-state index contributed by atoms with van der Waals surface area (Å²) in [6.45, 7) is 6.42. The number of aromatic amines is 1. The van der Waals surface area contributed by atoms with Gasteiger partial charge in [-0.15, -0.1) is 0 Å². The van der Waals surface area contributed by atoms with Gasteiger partial charge in [-0.25, -0.2) is 0 Å². The van der Waals surface area contributed by atoms with Gasteiger partial charge < -0.3 is 34.9 Å². The van der Waals surface area contributed by atoms with Crippen LogP contribution in [-0.2, 0) is 28.0 Å². The zero-order valence-corrected chi connectivity index (χ0v) is 32.7. The van der Waals surface area contributed by atoms with E-state index in [1.165, 1.54) is 29.5 Å². The summed E-state index contributed by atoms with van der Waals surface area (Å²) in [5.74, 6) is 0.714. The van der Waals surface area contributed by atoms with E-state index in [4.69, 9.17) is 9.47 Å². The van der Waals surface area contributed by atoms with Crippen molar-refractivity contribution in [2.24, 2.45) is 7.05 Å². The number of fused-ring (bicyclic) bond motifs is 1. The van der Waals surface area contributed by atoms with E-state index in [1.54, 1.807) is 33.7 Å². The number of piperidine rings is 1. The lowest BCUT2D eigenvalue weighted by Crippen LogP contribution is -2.47. The summed E-state index contributed by atoms with van der Waals surface area (Å²) in [5.41, 5.74) is 4.79. The zero-order chi connectivity index (χ0) is 39.4. The first kappa shape index (κ1) is 40.3. The average Bonchev–Trinajstić information content (AvgIpc) is 3.71. The van der Waals surface area contributed by atoms with E-state index in [-0.39, 0.29) is 35.9 Å². The number of hydrogen-bond donors (Lipinski definition) is 5. The fourth-order valence-electron chi connectivity index (χ4n) is 7.48. The van der Waals surface area contributed by atoms with E-state index in [9.17, 15) is 19.2 Å². The number of piperazine rings is 1. The number of H-pyrrole nitrogens is 1. The number of ether oxygens (including phenoxy) is 2. The number of imide groups is 1.